The summed E-state index contributed by atoms with van der Waals surface area (Å²) in [7, 11) is 0. The number of pyridine rings is 1. The summed E-state index contributed by atoms with van der Waals surface area (Å²) in [6.07, 6.45) is 1.61. The zero-order valence-corrected chi connectivity index (χ0v) is 16.6. The minimum Gasteiger partial charge on any atom is -0.489 e. The van der Waals surface area contributed by atoms with Crippen LogP contribution in [0.2, 0.25) is 0 Å². The number of benzene rings is 3. The Kier molecular flexibility index (Phi) is 5.80. The van der Waals surface area contributed by atoms with E-state index >= 15 is 0 Å². The summed E-state index contributed by atoms with van der Waals surface area (Å²) in [4.78, 5) is 17.1. The van der Waals surface area contributed by atoms with Crippen LogP contribution in [0.25, 0.3) is 10.9 Å². The SMILES string of the molecule is Cc1cc(C(=O)N/N=C/c2ccc(OCc3ccccc3)cc2)c2ccccc2n1. The number of para-hydroxylation sites is 1. The van der Waals surface area contributed by atoms with Crippen molar-refractivity contribution in [2.75, 3.05) is 0 Å². The third kappa shape index (κ3) is 4.70. The molecule has 0 aliphatic carbocycles. The van der Waals surface area contributed by atoms with E-state index in [1.165, 1.54) is 0 Å². The van der Waals surface area contributed by atoms with E-state index in [1.54, 1.807) is 12.3 Å². The molecule has 1 N–H and O–H groups in total. The number of nitrogens with one attached hydrogen (secondary N) is 1. The van der Waals surface area contributed by atoms with E-state index in [-0.39, 0.29) is 5.91 Å². The van der Waals surface area contributed by atoms with E-state index in [0.717, 1.165) is 33.5 Å². The second-order valence-corrected chi connectivity index (χ2v) is 6.87. The number of hydrogen-bond acceptors (Lipinski definition) is 4. The molecule has 1 aromatic heterocycles. The lowest BCUT2D eigenvalue weighted by Crippen LogP contribution is -2.18. The van der Waals surface area contributed by atoms with Gasteiger partial charge in [-0.25, -0.2) is 5.43 Å². The van der Waals surface area contributed by atoms with Gasteiger partial charge in [0.1, 0.15) is 12.4 Å². The molecule has 30 heavy (non-hydrogen) atoms. The lowest BCUT2D eigenvalue weighted by molar-refractivity contribution is 0.0956. The first kappa shape index (κ1) is 19.3. The molecule has 1 amide bonds. The third-order valence-electron chi connectivity index (χ3n) is 4.60. The fourth-order valence-corrected chi connectivity index (χ4v) is 3.11. The van der Waals surface area contributed by atoms with Gasteiger partial charge in [0, 0.05) is 11.1 Å². The first-order valence-corrected chi connectivity index (χ1v) is 9.65. The molecule has 0 saturated carbocycles. The third-order valence-corrected chi connectivity index (χ3v) is 4.60. The van der Waals surface area contributed by atoms with Crippen LogP contribution in [0.4, 0.5) is 0 Å². The molecule has 0 atom stereocenters. The highest BCUT2D eigenvalue weighted by atomic mass is 16.5. The number of hydrogen-bond donors (Lipinski definition) is 1. The van der Waals surface area contributed by atoms with Gasteiger partial charge in [-0.05, 0) is 54.4 Å². The van der Waals surface area contributed by atoms with Crippen molar-refractivity contribution < 1.29 is 9.53 Å². The predicted octanol–water partition coefficient (Wildman–Crippen LogP) is 4.89. The standard InChI is InChI=1S/C25H21N3O2/c1-18-15-23(22-9-5-6-10-24(22)27-18)25(29)28-26-16-19-11-13-21(14-12-19)30-17-20-7-3-2-4-8-20/h2-16H,17H2,1H3,(H,28,29)/b26-16+. The van der Waals surface area contributed by atoms with E-state index in [4.69, 9.17) is 4.74 Å². The van der Waals surface area contributed by atoms with Gasteiger partial charge in [0.2, 0.25) is 0 Å². The highest BCUT2D eigenvalue weighted by Crippen LogP contribution is 2.18. The number of amides is 1. The molecular formula is C25H21N3O2. The zero-order chi connectivity index (χ0) is 20.8. The Morgan fingerprint density at radius 1 is 1.00 bits per heavy atom. The molecule has 5 heteroatoms. The largest absolute Gasteiger partial charge is 0.489 e. The Bertz CT molecular complexity index is 1190. The van der Waals surface area contributed by atoms with E-state index in [9.17, 15) is 4.79 Å². The Morgan fingerprint density at radius 2 is 1.73 bits per heavy atom. The van der Waals surface area contributed by atoms with Gasteiger partial charge in [-0.2, -0.15) is 5.10 Å². The zero-order valence-electron chi connectivity index (χ0n) is 16.6. The maximum atomic E-state index is 12.6. The van der Waals surface area contributed by atoms with Crippen LogP contribution in [0.1, 0.15) is 27.2 Å². The minimum atomic E-state index is -0.268. The summed E-state index contributed by atoms with van der Waals surface area (Å²) < 4.78 is 5.78. The normalized spacial score (nSPS) is 11.0. The van der Waals surface area contributed by atoms with Gasteiger partial charge >= 0.3 is 0 Å². The molecular weight excluding hydrogens is 374 g/mol. The number of carbonyl (C=O) groups excluding carboxylic acids is 1. The first-order valence-electron chi connectivity index (χ1n) is 9.65. The average Bonchev–Trinajstić information content (AvgIpc) is 2.78. The van der Waals surface area contributed by atoms with Crippen molar-refractivity contribution >= 4 is 23.0 Å². The fourth-order valence-electron chi connectivity index (χ4n) is 3.11. The van der Waals surface area contributed by atoms with E-state index in [1.807, 2.05) is 85.8 Å². The molecule has 4 aromatic rings. The van der Waals surface area contributed by atoms with E-state index in [2.05, 4.69) is 15.5 Å². The molecule has 0 aliphatic heterocycles. The molecule has 0 fully saturated rings. The van der Waals surface area contributed by atoms with Gasteiger partial charge in [-0.15, -0.1) is 0 Å². The minimum absolute atomic E-state index is 0.268. The van der Waals surface area contributed by atoms with Crippen molar-refractivity contribution in [3.8, 4) is 5.75 Å². The molecule has 5 nitrogen and oxygen atoms in total. The summed E-state index contributed by atoms with van der Waals surface area (Å²) in [6, 6.07) is 26.9. The highest BCUT2D eigenvalue weighted by Gasteiger charge is 2.10. The summed E-state index contributed by atoms with van der Waals surface area (Å²) in [5.74, 6) is 0.509. The van der Waals surface area contributed by atoms with Crippen molar-refractivity contribution in [2.45, 2.75) is 13.5 Å². The Morgan fingerprint density at radius 3 is 2.53 bits per heavy atom. The predicted molar refractivity (Wildman–Crippen MR) is 119 cm³/mol. The van der Waals surface area contributed by atoms with Crippen LogP contribution in [-0.4, -0.2) is 17.1 Å². The topological polar surface area (TPSA) is 63.6 Å². The van der Waals surface area contributed by atoms with Gasteiger partial charge in [-0.1, -0.05) is 48.5 Å². The van der Waals surface area contributed by atoms with Gasteiger partial charge < -0.3 is 4.74 Å². The van der Waals surface area contributed by atoms with Crippen LogP contribution >= 0.6 is 0 Å². The smallest absolute Gasteiger partial charge is 0.272 e. The van der Waals surface area contributed by atoms with Crippen molar-refractivity contribution in [1.82, 2.24) is 10.4 Å². The number of ether oxygens (including phenoxy) is 1. The van der Waals surface area contributed by atoms with Crippen molar-refractivity contribution in [1.29, 1.82) is 0 Å². The second kappa shape index (κ2) is 9.01. The summed E-state index contributed by atoms with van der Waals surface area (Å²) in [5, 5.41) is 4.89. The molecule has 0 radical (unpaired) electrons. The van der Waals surface area contributed by atoms with Crippen LogP contribution in [0.15, 0.2) is 90.0 Å². The summed E-state index contributed by atoms with van der Waals surface area (Å²) in [5.41, 5.74) is 6.71. The monoisotopic (exact) mass is 395 g/mol. The second-order valence-electron chi connectivity index (χ2n) is 6.87. The fraction of sp³-hybridized carbons (Fsp3) is 0.0800. The molecule has 0 saturated heterocycles. The van der Waals surface area contributed by atoms with Crippen molar-refractivity contribution in [3.63, 3.8) is 0 Å². The molecule has 0 spiro atoms. The summed E-state index contributed by atoms with van der Waals surface area (Å²) in [6.45, 7) is 2.39. The van der Waals surface area contributed by atoms with Crippen LogP contribution in [0.3, 0.4) is 0 Å². The molecule has 4 rings (SSSR count). The molecule has 0 aliphatic rings. The van der Waals surface area contributed by atoms with Gasteiger partial charge in [0.05, 0.1) is 17.3 Å². The maximum absolute atomic E-state index is 12.6. The number of aryl methyl sites for hydroxylation is 1. The van der Waals surface area contributed by atoms with Crippen LogP contribution < -0.4 is 10.2 Å². The Hall–Kier alpha value is -3.99. The molecule has 0 unspecified atom stereocenters. The lowest BCUT2D eigenvalue weighted by atomic mass is 10.1. The Balaban J connectivity index is 1.38. The van der Waals surface area contributed by atoms with Crippen molar-refractivity contribution in [3.05, 3.63) is 107 Å². The molecule has 148 valence electrons. The highest BCUT2D eigenvalue weighted by molar-refractivity contribution is 6.06. The number of nitrogens with zero attached hydrogens (tertiary/aromatic N) is 2. The van der Waals surface area contributed by atoms with Crippen LogP contribution in [0, 0.1) is 6.92 Å². The summed E-state index contributed by atoms with van der Waals surface area (Å²) >= 11 is 0. The average molecular weight is 395 g/mol. The number of carbonyl (C=O) groups is 1. The number of rotatable bonds is 6. The quantitative estimate of drug-likeness (QED) is 0.374. The van der Waals surface area contributed by atoms with E-state index in [0.29, 0.717) is 12.2 Å². The first-order chi connectivity index (χ1) is 14.7. The van der Waals surface area contributed by atoms with Gasteiger partial charge in [0.25, 0.3) is 5.91 Å². The van der Waals surface area contributed by atoms with Crippen LogP contribution in [-0.2, 0) is 6.61 Å². The molecule has 1 heterocycles. The maximum Gasteiger partial charge on any atom is 0.272 e. The number of hydrazone groups is 1. The van der Waals surface area contributed by atoms with Gasteiger partial charge in [0.15, 0.2) is 0 Å². The number of fused-ring (bicyclic) bond motifs is 1. The van der Waals surface area contributed by atoms with Gasteiger partial charge in [-0.3, -0.25) is 9.78 Å². The lowest BCUT2D eigenvalue weighted by Gasteiger charge is -2.07. The molecule has 3 aromatic carbocycles. The number of aromatic nitrogens is 1. The van der Waals surface area contributed by atoms with E-state index < -0.39 is 0 Å². The molecule has 0 bridgehead atoms. The van der Waals surface area contributed by atoms with Crippen LogP contribution in [0.5, 0.6) is 5.75 Å². The van der Waals surface area contributed by atoms with Crippen molar-refractivity contribution in [2.24, 2.45) is 5.10 Å². The Labute approximate surface area is 175 Å².